The average molecular weight is 429 g/mol. The van der Waals surface area contributed by atoms with Crippen molar-refractivity contribution in [2.24, 2.45) is 0 Å². The molecule has 0 unspecified atom stereocenters. The van der Waals surface area contributed by atoms with E-state index in [1.165, 1.54) is 5.56 Å². The Morgan fingerprint density at radius 1 is 0.879 bits per heavy atom. The maximum absolute atomic E-state index is 4.71. The first kappa shape index (κ1) is 19.1. The van der Waals surface area contributed by atoms with Crippen molar-refractivity contribution in [1.29, 1.82) is 0 Å². The van der Waals surface area contributed by atoms with Crippen LogP contribution in [0.5, 0.6) is 0 Å². The van der Waals surface area contributed by atoms with Crippen LogP contribution < -0.4 is 4.90 Å². The highest BCUT2D eigenvalue weighted by Gasteiger charge is 2.30. The van der Waals surface area contributed by atoms with E-state index >= 15 is 0 Å². The van der Waals surface area contributed by atoms with E-state index in [1.54, 1.807) is 24.7 Å². The Morgan fingerprint density at radius 2 is 1.76 bits per heavy atom. The number of benzene rings is 2. The number of rotatable bonds is 3. The molecular formula is C26H19N7. The molecule has 1 aliphatic rings. The summed E-state index contributed by atoms with van der Waals surface area (Å²) < 4.78 is 0. The first-order valence-corrected chi connectivity index (χ1v) is 10.7. The Bertz CT molecular complexity index is 1490. The molecule has 7 heteroatoms. The van der Waals surface area contributed by atoms with Crippen molar-refractivity contribution < 1.29 is 0 Å². The molecule has 5 aromatic rings. The first-order valence-electron chi connectivity index (χ1n) is 10.7. The van der Waals surface area contributed by atoms with Crippen LogP contribution in [0.3, 0.4) is 0 Å². The second-order valence-corrected chi connectivity index (χ2v) is 7.94. The third-order valence-electron chi connectivity index (χ3n) is 5.74. The zero-order chi connectivity index (χ0) is 22.0. The molecule has 1 N–H and O–H groups in total. The number of anilines is 1. The highest BCUT2D eigenvalue weighted by atomic mass is 15.3. The highest BCUT2D eigenvalue weighted by molar-refractivity contribution is 5.79. The van der Waals surface area contributed by atoms with Crippen molar-refractivity contribution in [1.82, 2.24) is 30.1 Å². The Labute approximate surface area is 190 Å². The number of hydrogen-bond acceptors (Lipinski definition) is 6. The summed E-state index contributed by atoms with van der Waals surface area (Å²) in [6.07, 6.45) is 5.26. The topological polar surface area (TPSA) is 83.5 Å². The van der Waals surface area contributed by atoms with Gasteiger partial charge in [-0.25, -0.2) is 19.9 Å². The number of fused-ring (bicyclic) bond motifs is 1. The van der Waals surface area contributed by atoms with Crippen molar-refractivity contribution in [2.75, 3.05) is 18.0 Å². The van der Waals surface area contributed by atoms with Crippen LogP contribution in [0.2, 0.25) is 0 Å². The summed E-state index contributed by atoms with van der Waals surface area (Å²) in [4.78, 5) is 20.4. The van der Waals surface area contributed by atoms with E-state index < -0.39 is 0 Å². The first-order chi connectivity index (χ1) is 16.3. The minimum absolute atomic E-state index is 0.509. The number of nitrogens with zero attached hydrogens (tertiary/aromatic N) is 6. The van der Waals surface area contributed by atoms with Crippen molar-refractivity contribution in [3.63, 3.8) is 0 Å². The summed E-state index contributed by atoms with van der Waals surface area (Å²) in [5.41, 5.74) is 4.57. The zero-order valence-electron chi connectivity index (χ0n) is 17.7. The van der Waals surface area contributed by atoms with Crippen LogP contribution >= 0.6 is 0 Å². The molecule has 6 rings (SSSR count). The molecule has 0 saturated carbocycles. The van der Waals surface area contributed by atoms with E-state index in [0.717, 1.165) is 29.6 Å². The quantitative estimate of drug-likeness (QED) is 0.439. The molecule has 4 heterocycles. The fourth-order valence-corrected chi connectivity index (χ4v) is 3.91. The predicted octanol–water partition coefficient (Wildman–Crippen LogP) is 3.81. The lowest BCUT2D eigenvalue weighted by Gasteiger charge is -2.39. The SMILES string of the molecule is C(#Cc1ccnc(-c2ccnc(N3CC(c4ccccc4)C3)n2)n1)c1ccc2[nH]ncc2c1. The van der Waals surface area contributed by atoms with Gasteiger partial charge in [0, 0.05) is 42.4 Å². The van der Waals surface area contributed by atoms with E-state index in [2.05, 4.69) is 66.2 Å². The molecule has 0 spiro atoms. The monoisotopic (exact) mass is 429 g/mol. The summed E-state index contributed by atoms with van der Waals surface area (Å²) in [5, 5.41) is 8.02. The second-order valence-electron chi connectivity index (χ2n) is 7.94. The van der Waals surface area contributed by atoms with Crippen LogP contribution in [0, 0.1) is 11.8 Å². The number of nitrogens with one attached hydrogen (secondary N) is 1. The number of aromatic amines is 1. The van der Waals surface area contributed by atoms with Gasteiger partial charge in [0.1, 0.15) is 11.4 Å². The van der Waals surface area contributed by atoms with Crippen LogP contribution in [0.15, 0.2) is 79.3 Å². The molecule has 1 fully saturated rings. The highest BCUT2D eigenvalue weighted by Crippen LogP contribution is 2.30. The Kier molecular flexibility index (Phi) is 4.74. The van der Waals surface area contributed by atoms with Gasteiger partial charge >= 0.3 is 0 Å². The van der Waals surface area contributed by atoms with Gasteiger partial charge in [0.05, 0.1) is 11.7 Å². The summed E-state index contributed by atoms with van der Waals surface area (Å²) in [5.74, 6) is 8.04. The van der Waals surface area contributed by atoms with Gasteiger partial charge in [-0.1, -0.05) is 36.3 Å². The number of hydrogen-bond donors (Lipinski definition) is 1. The van der Waals surface area contributed by atoms with Crippen LogP contribution in [-0.2, 0) is 0 Å². The van der Waals surface area contributed by atoms with Crippen molar-refractivity contribution in [2.45, 2.75) is 5.92 Å². The molecule has 1 saturated heterocycles. The second kappa shape index (κ2) is 8.17. The molecule has 7 nitrogen and oxygen atoms in total. The molecular weight excluding hydrogens is 410 g/mol. The van der Waals surface area contributed by atoms with Crippen molar-refractivity contribution >= 4 is 16.9 Å². The molecule has 0 bridgehead atoms. The van der Waals surface area contributed by atoms with Crippen LogP contribution in [-0.4, -0.2) is 43.2 Å². The largest absolute Gasteiger partial charge is 0.339 e. The van der Waals surface area contributed by atoms with Gasteiger partial charge in [-0.05, 0) is 41.8 Å². The van der Waals surface area contributed by atoms with Gasteiger partial charge in [-0.15, -0.1) is 0 Å². The molecule has 2 aromatic carbocycles. The van der Waals surface area contributed by atoms with Gasteiger partial charge in [0.2, 0.25) is 5.95 Å². The van der Waals surface area contributed by atoms with Gasteiger partial charge < -0.3 is 4.90 Å². The summed E-state index contributed by atoms with van der Waals surface area (Å²) in [6.45, 7) is 1.81. The maximum Gasteiger partial charge on any atom is 0.226 e. The molecule has 0 amide bonds. The number of aromatic nitrogens is 6. The van der Waals surface area contributed by atoms with E-state index in [4.69, 9.17) is 4.98 Å². The Morgan fingerprint density at radius 3 is 2.67 bits per heavy atom. The lowest BCUT2D eigenvalue weighted by atomic mass is 9.92. The standard InChI is InChI=1S/C26H19N7/c1-2-4-19(5-3-1)21-16-33(17-21)26-28-13-11-24(31-26)25-27-12-10-22(30-25)8-6-18-7-9-23-20(14-18)15-29-32-23/h1-5,7,9-15,21H,16-17H2,(H,29,32). The molecule has 0 radical (unpaired) electrons. The molecule has 3 aromatic heterocycles. The van der Waals surface area contributed by atoms with E-state index in [9.17, 15) is 0 Å². The Balaban J connectivity index is 1.20. The molecule has 0 atom stereocenters. The third-order valence-corrected chi connectivity index (χ3v) is 5.74. The van der Waals surface area contributed by atoms with Gasteiger partial charge in [0.15, 0.2) is 5.82 Å². The molecule has 1 aliphatic heterocycles. The molecule has 158 valence electrons. The van der Waals surface area contributed by atoms with E-state index in [1.807, 2.05) is 30.3 Å². The van der Waals surface area contributed by atoms with E-state index in [-0.39, 0.29) is 0 Å². The van der Waals surface area contributed by atoms with Gasteiger partial charge in [0.25, 0.3) is 0 Å². The van der Waals surface area contributed by atoms with Crippen LogP contribution in [0.4, 0.5) is 5.95 Å². The van der Waals surface area contributed by atoms with Gasteiger partial charge in [-0.2, -0.15) is 5.10 Å². The van der Waals surface area contributed by atoms with Crippen LogP contribution in [0.1, 0.15) is 22.7 Å². The summed E-state index contributed by atoms with van der Waals surface area (Å²) in [7, 11) is 0. The normalized spacial score (nSPS) is 13.4. The summed E-state index contributed by atoms with van der Waals surface area (Å²) in [6, 6.07) is 20.1. The average Bonchev–Trinajstić information content (AvgIpc) is 3.31. The fraction of sp³-hybridized carbons (Fsp3) is 0.115. The van der Waals surface area contributed by atoms with Crippen LogP contribution in [0.25, 0.3) is 22.4 Å². The zero-order valence-corrected chi connectivity index (χ0v) is 17.7. The maximum atomic E-state index is 4.71. The van der Waals surface area contributed by atoms with Crippen molar-refractivity contribution in [3.05, 3.63) is 96.1 Å². The smallest absolute Gasteiger partial charge is 0.226 e. The summed E-state index contributed by atoms with van der Waals surface area (Å²) >= 11 is 0. The predicted molar refractivity (Wildman–Crippen MR) is 127 cm³/mol. The fourth-order valence-electron chi connectivity index (χ4n) is 3.91. The minimum Gasteiger partial charge on any atom is -0.339 e. The molecule has 33 heavy (non-hydrogen) atoms. The van der Waals surface area contributed by atoms with E-state index in [0.29, 0.717) is 29.1 Å². The number of H-pyrrole nitrogens is 1. The van der Waals surface area contributed by atoms with Crippen molar-refractivity contribution in [3.8, 4) is 23.4 Å². The lowest BCUT2D eigenvalue weighted by molar-refractivity contribution is 0.514. The third kappa shape index (κ3) is 3.90. The molecule has 0 aliphatic carbocycles. The minimum atomic E-state index is 0.509. The lowest BCUT2D eigenvalue weighted by Crippen LogP contribution is -2.46. The van der Waals surface area contributed by atoms with Gasteiger partial charge in [-0.3, -0.25) is 5.10 Å². The Hall–Kier alpha value is -4.57.